The lowest BCUT2D eigenvalue weighted by molar-refractivity contribution is -0.157. The molecular formula is C14H14F3NO3. The van der Waals surface area contributed by atoms with Crippen LogP contribution in [0.2, 0.25) is 0 Å². The Kier molecular flexibility index (Phi) is 4.20. The fraction of sp³-hybridized carbons (Fsp3) is 0.429. The highest BCUT2D eigenvalue weighted by Gasteiger charge is 2.36. The molecule has 1 aromatic carbocycles. The van der Waals surface area contributed by atoms with E-state index < -0.39 is 36.9 Å². The van der Waals surface area contributed by atoms with E-state index in [1.165, 1.54) is 0 Å². The van der Waals surface area contributed by atoms with Gasteiger partial charge in [0, 0.05) is 19.4 Å². The Balaban J connectivity index is 2.17. The predicted octanol–water partition coefficient (Wildman–Crippen LogP) is 2.37. The van der Waals surface area contributed by atoms with Crippen molar-refractivity contribution >= 4 is 11.9 Å². The summed E-state index contributed by atoms with van der Waals surface area (Å²) in [7, 11) is 0. The zero-order valence-corrected chi connectivity index (χ0v) is 11.1. The first-order valence-corrected chi connectivity index (χ1v) is 6.44. The van der Waals surface area contributed by atoms with Gasteiger partial charge < -0.3 is 10.0 Å². The maximum absolute atomic E-state index is 12.2. The second-order valence-corrected chi connectivity index (χ2v) is 4.96. The standard InChI is InChI=1S/C14H14F3NO3/c15-14(16,17)6-5-12(19)18-8-10-4-2-1-3-9(10)7-11(18)13(20)21/h1-4,11H,5-8H2,(H,20,21). The summed E-state index contributed by atoms with van der Waals surface area (Å²) >= 11 is 0. The minimum atomic E-state index is -4.43. The van der Waals surface area contributed by atoms with Crippen molar-refractivity contribution in [2.45, 2.75) is 38.0 Å². The molecule has 2 rings (SSSR count). The summed E-state index contributed by atoms with van der Waals surface area (Å²) in [6, 6.07) is 5.91. The van der Waals surface area contributed by atoms with E-state index in [4.69, 9.17) is 0 Å². The summed E-state index contributed by atoms with van der Waals surface area (Å²) in [5, 5.41) is 9.20. The molecule has 7 heteroatoms. The van der Waals surface area contributed by atoms with Crippen LogP contribution in [0.1, 0.15) is 24.0 Å². The lowest BCUT2D eigenvalue weighted by atomic mass is 9.93. The first kappa shape index (κ1) is 15.3. The SMILES string of the molecule is O=C(O)C1Cc2ccccc2CN1C(=O)CCC(F)(F)F. The number of aliphatic carboxylic acids is 1. The number of fused-ring (bicyclic) bond motifs is 1. The van der Waals surface area contributed by atoms with Crippen molar-refractivity contribution in [1.82, 2.24) is 4.90 Å². The molecule has 4 nitrogen and oxygen atoms in total. The quantitative estimate of drug-likeness (QED) is 0.932. The van der Waals surface area contributed by atoms with Crippen LogP contribution < -0.4 is 0 Å². The number of carbonyl (C=O) groups is 2. The van der Waals surface area contributed by atoms with Crippen LogP contribution in [-0.4, -0.2) is 34.1 Å². The van der Waals surface area contributed by atoms with E-state index in [-0.39, 0.29) is 13.0 Å². The summed E-state index contributed by atoms with van der Waals surface area (Å²) < 4.78 is 36.6. The van der Waals surface area contributed by atoms with Crippen molar-refractivity contribution in [1.29, 1.82) is 0 Å². The molecule has 21 heavy (non-hydrogen) atoms. The summed E-state index contributed by atoms with van der Waals surface area (Å²) in [5.74, 6) is -1.99. The lowest BCUT2D eigenvalue weighted by Gasteiger charge is -2.34. The second-order valence-electron chi connectivity index (χ2n) is 4.96. The highest BCUT2D eigenvalue weighted by Crippen LogP contribution is 2.26. The average molecular weight is 301 g/mol. The van der Waals surface area contributed by atoms with E-state index in [1.807, 2.05) is 0 Å². The molecule has 0 aliphatic carbocycles. The van der Waals surface area contributed by atoms with Crippen molar-refractivity contribution < 1.29 is 27.9 Å². The summed E-state index contributed by atoms with van der Waals surface area (Å²) in [6.07, 6.45) is -6.28. The molecule has 0 fully saturated rings. The normalized spacial score (nSPS) is 18.2. The van der Waals surface area contributed by atoms with Gasteiger partial charge in [-0.2, -0.15) is 13.2 Å². The van der Waals surface area contributed by atoms with Crippen LogP contribution in [-0.2, 0) is 22.6 Å². The Hall–Kier alpha value is -2.05. The van der Waals surface area contributed by atoms with Crippen LogP contribution in [0.25, 0.3) is 0 Å². The number of carbonyl (C=O) groups excluding carboxylic acids is 1. The Morgan fingerprint density at radius 1 is 1.24 bits per heavy atom. The number of benzene rings is 1. The number of carboxylic acid groups (broad SMARTS) is 1. The second kappa shape index (κ2) is 5.75. The number of halogens is 3. The molecule has 0 aromatic heterocycles. The molecule has 1 aliphatic rings. The van der Waals surface area contributed by atoms with Crippen LogP contribution in [0.3, 0.4) is 0 Å². The number of hydrogen-bond acceptors (Lipinski definition) is 2. The molecule has 0 saturated heterocycles. The van der Waals surface area contributed by atoms with Crippen LogP contribution in [0, 0.1) is 0 Å². The van der Waals surface area contributed by atoms with Gasteiger partial charge in [0.05, 0.1) is 6.42 Å². The maximum Gasteiger partial charge on any atom is 0.389 e. The predicted molar refractivity (Wildman–Crippen MR) is 67.4 cm³/mol. The van der Waals surface area contributed by atoms with Crippen LogP contribution >= 0.6 is 0 Å². The summed E-state index contributed by atoms with van der Waals surface area (Å²) in [6.45, 7) is 0.0316. The molecule has 1 unspecified atom stereocenters. The lowest BCUT2D eigenvalue weighted by Crippen LogP contribution is -2.48. The number of rotatable bonds is 3. The zero-order chi connectivity index (χ0) is 15.6. The smallest absolute Gasteiger partial charge is 0.389 e. The van der Waals surface area contributed by atoms with Crippen LogP contribution in [0.5, 0.6) is 0 Å². The molecule has 0 bridgehead atoms. The van der Waals surface area contributed by atoms with Gasteiger partial charge in [-0.1, -0.05) is 24.3 Å². The van der Waals surface area contributed by atoms with Gasteiger partial charge >= 0.3 is 12.1 Å². The van der Waals surface area contributed by atoms with Crippen LogP contribution in [0.4, 0.5) is 13.2 Å². The number of nitrogens with zero attached hydrogens (tertiary/aromatic N) is 1. The Bertz CT molecular complexity index is 557. The molecule has 1 atom stereocenters. The molecule has 1 N–H and O–H groups in total. The Labute approximate surface area is 119 Å². The highest BCUT2D eigenvalue weighted by molar-refractivity contribution is 5.84. The van der Waals surface area contributed by atoms with Gasteiger partial charge in [0.25, 0.3) is 0 Å². The van der Waals surface area contributed by atoms with Crippen LogP contribution in [0.15, 0.2) is 24.3 Å². The van der Waals surface area contributed by atoms with E-state index in [9.17, 15) is 27.9 Å². The fourth-order valence-corrected chi connectivity index (χ4v) is 2.40. The molecular weight excluding hydrogens is 287 g/mol. The van der Waals surface area contributed by atoms with E-state index in [2.05, 4.69) is 0 Å². The average Bonchev–Trinajstić information content (AvgIpc) is 2.42. The Morgan fingerprint density at radius 3 is 2.43 bits per heavy atom. The van der Waals surface area contributed by atoms with E-state index in [0.29, 0.717) is 0 Å². The summed E-state index contributed by atoms with van der Waals surface area (Å²) in [5.41, 5.74) is 1.58. The zero-order valence-electron chi connectivity index (χ0n) is 11.1. The van der Waals surface area contributed by atoms with Gasteiger partial charge in [0.2, 0.25) is 5.91 Å². The molecule has 1 heterocycles. The Morgan fingerprint density at radius 2 is 1.86 bits per heavy atom. The third-order valence-electron chi connectivity index (χ3n) is 3.48. The third-order valence-corrected chi connectivity index (χ3v) is 3.48. The summed E-state index contributed by atoms with van der Waals surface area (Å²) in [4.78, 5) is 24.2. The minimum absolute atomic E-state index is 0.0316. The molecule has 0 spiro atoms. The maximum atomic E-state index is 12.2. The molecule has 0 radical (unpaired) electrons. The number of carboxylic acids is 1. The number of amides is 1. The van der Waals surface area contributed by atoms with E-state index >= 15 is 0 Å². The van der Waals surface area contributed by atoms with Crippen molar-refractivity contribution in [3.8, 4) is 0 Å². The molecule has 1 aromatic rings. The van der Waals surface area contributed by atoms with Crippen molar-refractivity contribution in [2.24, 2.45) is 0 Å². The van der Waals surface area contributed by atoms with Gasteiger partial charge in [-0.25, -0.2) is 4.79 Å². The highest BCUT2D eigenvalue weighted by atomic mass is 19.4. The number of alkyl halides is 3. The van der Waals surface area contributed by atoms with Crippen molar-refractivity contribution in [3.05, 3.63) is 35.4 Å². The minimum Gasteiger partial charge on any atom is -0.480 e. The van der Waals surface area contributed by atoms with Gasteiger partial charge in [-0.3, -0.25) is 4.79 Å². The topological polar surface area (TPSA) is 57.6 Å². The third kappa shape index (κ3) is 3.74. The first-order chi connectivity index (χ1) is 9.78. The van der Waals surface area contributed by atoms with Gasteiger partial charge in [-0.15, -0.1) is 0 Å². The first-order valence-electron chi connectivity index (χ1n) is 6.44. The number of hydrogen-bond donors (Lipinski definition) is 1. The molecule has 1 amide bonds. The van der Waals surface area contributed by atoms with E-state index in [0.717, 1.165) is 16.0 Å². The van der Waals surface area contributed by atoms with Gasteiger partial charge in [-0.05, 0) is 11.1 Å². The van der Waals surface area contributed by atoms with E-state index in [1.54, 1.807) is 24.3 Å². The van der Waals surface area contributed by atoms with Gasteiger partial charge in [0.15, 0.2) is 0 Å². The largest absolute Gasteiger partial charge is 0.480 e. The molecule has 1 aliphatic heterocycles. The van der Waals surface area contributed by atoms with Crippen molar-refractivity contribution in [2.75, 3.05) is 0 Å². The fourth-order valence-electron chi connectivity index (χ4n) is 2.40. The molecule has 0 saturated carbocycles. The van der Waals surface area contributed by atoms with Crippen molar-refractivity contribution in [3.63, 3.8) is 0 Å². The van der Waals surface area contributed by atoms with Gasteiger partial charge in [0.1, 0.15) is 6.04 Å². The molecule has 114 valence electrons. The monoisotopic (exact) mass is 301 g/mol.